The number of thiophene rings is 1. The molecule has 8 heteroatoms. The molecule has 3 aromatic rings. The molecule has 2 heterocycles. The molecule has 1 fully saturated rings. The molecular formula is C26H27N3O4S. The normalized spacial score (nSPS) is 15.6. The van der Waals surface area contributed by atoms with Crippen molar-refractivity contribution in [2.24, 2.45) is 0 Å². The van der Waals surface area contributed by atoms with Crippen molar-refractivity contribution in [3.63, 3.8) is 0 Å². The van der Waals surface area contributed by atoms with Gasteiger partial charge in [-0.3, -0.25) is 9.59 Å². The summed E-state index contributed by atoms with van der Waals surface area (Å²) in [6.45, 7) is 4.85. The number of amides is 4. The fourth-order valence-corrected chi connectivity index (χ4v) is 4.87. The van der Waals surface area contributed by atoms with Crippen LogP contribution in [0.15, 0.2) is 66.0 Å². The van der Waals surface area contributed by atoms with Crippen molar-refractivity contribution < 1.29 is 19.1 Å². The van der Waals surface area contributed by atoms with Gasteiger partial charge in [0.25, 0.3) is 5.91 Å². The quantitative estimate of drug-likeness (QED) is 0.446. The van der Waals surface area contributed by atoms with Crippen molar-refractivity contribution in [3.05, 3.63) is 76.5 Å². The highest BCUT2D eigenvalue weighted by Crippen LogP contribution is 2.28. The number of rotatable bonds is 9. The number of carbonyl (C=O) groups is 3. The fourth-order valence-electron chi connectivity index (χ4n) is 3.97. The van der Waals surface area contributed by atoms with Crippen molar-refractivity contribution in [2.45, 2.75) is 32.7 Å². The minimum Gasteiger partial charge on any atom is -0.494 e. The summed E-state index contributed by atoms with van der Waals surface area (Å²) in [6, 6.07) is 16.6. The number of aryl methyl sites for hydroxylation is 1. The summed E-state index contributed by atoms with van der Waals surface area (Å²) in [4.78, 5) is 43.3. The standard InChI is InChI=1S/C26H27N3O4S/c1-3-33-21-11-9-19(10-12-21)27-24(30)17-22-25(31)29(20-7-5-4-6-8-20)26(32)28(22)15-13-23-18(2)14-16-34-23/h4-12,14,16,22H,3,13,15,17H2,1-2H3,(H,27,30)/t22-/m0/s1. The monoisotopic (exact) mass is 477 g/mol. The van der Waals surface area contributed by atoms with Crippen LogP contribution in [0.25, 0.3) is 0 Å². The van der Waals surface area contributed by atoms with E-state index in [1.54, 1.807) is 59.9 Å². The number of benzene rings is 2. The summed E-state index contributed by atoms with van der Waals surface area (Å²) < 4.78 is 5.43. The topological polar surface area (TPSA) is 79.0 Å². The Balaban J connectivity index is 1.51. The van der Waals surface area contributed by atoms with E-state index in [-0.39, 0.29) is 18.2 Å². The number of ether oxygens (including phenoxy) is 1. The number of hydrogen-bond acceptors (Lipinski definition) is 5. The number of imide groups is 1. The molecule has 4 rings (SSSR count). The van der Waals surface area contributed by atoms with Crippen molar-refractivity contribution in [3.8, 4) is 5.75 Å². The molecule has 176 valence electrons. The molecule has 1 aliphatic heterocycles. The Morgan fingerprint density at radius 2 is 1.79 bits per heavy atom. The Kier molecular flexibility index (Phi) is 7.27. The second kappa shape index (κ2) is 10.5. The van der Waals surface area contributed by atoms with E-state index in [4.69, 9.17) is 4.74 Å². The van der Waals surface area contributed by atoms with E-state index in [0.29, 0.717) is 36.7 Å². The van der Waals surface area contributed by atoms with Crippen molar-refractivity contribution >= 4 is 40.6 Å². The van der Waals surface area contributed by atoms with Gasteiger partial charge in [0.1, 0.15) is 11.8 Å². The minimum atomic E-state index is -0.865. The predicted molar refractivity (Wildman–Crippen MR) is 133 cm³/mol. The Labute approximate surface area is 202 Å². The lowest BCUT2D eigenvalue weighted by Gasteiger charge is -2.21. The van der Waals surface area contributed by atoms with Crippen LogP contribution in [0.4, 0.5) is 16.2 Å². The summed E-state index contributed by atoms with van der Waals surface area (Å²) in [7, 11) is 0. The fraction of sp³-hybridized carbons (Fsp3) is 0.269. The summed E-state index contributed by atoms with van der Waals surface area (Å²) in [6.07, 6.45) is 0.507. The lowest BCUT2D eigenvalue weighted by Crippen LogP contribution is -2.39. The van der Waals surface area contributed by atoms with Gasteiger partial charge in [-0.15, -0.1) is 11.3 Å². The molecule has 0 bridgehead atoms. The van der Waals surface area contributed by atoms with Crippen LogP contribution >= 0.6 is 11.3 Å². The number of anilines is 2. The van der Waals surface area contributed by atoms with Gasteiger partial charge >= 0.3 is 6.03 Å². The van der Waals surface area contributed by atoms with Gasteiger partial charge in [0.2, 0.25) is 5.91 Å². The van der Waals surface area contributed by atoms with Gasteiger partial charge in [0.05, 0.1) is 18.7 Å². The first-order valence-electron chi connectivity index (χ1n) is 11.2. The van der Waals surface area contributed by atoms with E-state index in [2.05, 4.69) is 5.32 Å². The average molecular weight is 478 g/mol. The molecule has 1 atom stereocenters. The Bertz CT molecular complexity index is 1160. The van der Waals surface area contributed by atoms with Gasteiger partial charge < -0.3 is 15.0 Å². The number of hydrogen-bond donors (Lipinski definition) is 1. The molecule has 0 spiro atoms. The summed E-state index contributed by atoms with van der Waals surface area (Å²) in [5, 5.41) is 4.84. The zero-order valence-corrected chi connectivity index (χ0v) is 20.0. The molecule has 34 heavy (non-hydrogen) atoms. The highest BCUT2D eigenvalue weighted by atomic mass is 32.1. The van der Waals surface area contributed by atoms with E-state index in [1.165, 1.54) is 9.80 Å². The third kappa shape index (κ3) is 5.12. The molecule has 0 unspecified atom stereocenters. The number of urea groups is 1. The first kappa shape index (κ1) is 23.5. The van der Waals surface area contributed by atoms with Crippen LogP contribution in [0, 0.1) is 6.92 Å². The van der Waals surface area contributed by atoms with Crippen LogP contribution in [-0.2, 0) is 16.0 Å². The number of nitrogens with one attached hydrogen (secondary N) is 1. The first-order chi connectivity index (χ1) is 16.5. The van der Waals surface area contributed by atoms with Crippen LogP contribution in [0.1, 0.15) is 23.8 Å². The molecule has 0 saturated carbocycles. The molecular weight excluding hydrogens is 450 g/mol. The molecule has 1 saturated heterocycles. The Morgan fingerprint density at radius 3 is 2.44 bits per heavy atom. The maximum absolute atomic E-state index is 13.3. The summed E-state index contributed by atoms with van der Waals surface area (Å²) >= 11 is 1.63. The molecule has 1 aromatic heterocycles. The lowest BCUT2D eigenvalue weighted by atomic mass is 10.1. The first-order valence-corrected chi connectivity index (χ1v) is 12.1. The summed E-state index contributed by atoms with van der Waals surface area (Å²) in [5.41, 5.74) is 2.27. The van der Waals surface area contributed by atoms with Crippen LogP contribution in [0.5, 0.6) is 5.75 Å². The van der Waals surface area contributed by atoms with E-state index >= 15 is 0 Å². The van der Waals surface area contributed by atoms with Crippen LogP contribution in [-0.4, -0.2) is 41.9 Å². The van der Waals surface area contributed by atoms with Gasteiger partial charge in [0, 0.05) is 17.1 Å². The maximum Gasteiger partial charge on any atom is 0.332 e. The predicted octanol–water partition coefficient (Wildman–Crippen LogP) is 4.86. The van der Waals surface area contributed by atoms with Gasteiger partial charge in [-0.2, -0.15) is 0 Å². The Morgan fingerprint density at radius 1 is 1.06 bits per heavy atom. The lowest BCUT2D eigenvalue weighted by molar-refractivity contribution is -0.124. The van der Waals surface area contributed by atoms with Crippen LogP contribution in [0.2, 0.25) is 0 Å². The molecule has 7 nitrogen and oxygen atoms in total. The van der Waals surface area contributed by atoms with Gasteiger partial charge in [-0.25, -0.2) is 9.69 Å². The number of nitrogens with zero attached hydrogens (tertiary/aromatic N) is 2. The molecule has 0 aliphatic carbocycles. The van der Waals surface area contributed by atoms with Crippen LogP contribution in [0.3, 0.4) is 0 Å². The van der Waals surface area contributed by atoms with E-state index < -0.39 is 12.1 Å². The average Bonchev–Trinajstić information content (AvgIpc) is 3.34. The summed E-state index contributed by atoms with van der Waals surface area (Å²) in [5.74, 6) is -0.00548. The third-order valence-electron chi connectivity index (χ3n) is 5.71. The zero-order valence-electron chi connectivity index (χ0n) is 19.2. The number of para-hydroxylation sites is 1. The smallest absolute Gasteiger partial charge is 0.332 e. The molecule has 1 aliphatic rings. The van der Waals surface area contributed by atoms with Gasteiger partial charge in [0.15, 0.2) is 0 Å². The molecule has 2 aromatic carbocycles. The SMILES string of the molecule is CCOc1ccc(NC(=O)C[C@H]2C(=O)N(c3ccccc3)C(=O)N2CCc2sccc2C)cc1. The maximum atomic E-state index is 13.3. The molecule has 1 N–H and O–H groups in total. The third-order valence-corrected chi connectivity index (χ3v) is 6.79. The van der Waals surface area contributed by atoms with Crippen molar-refractivity contribution in [1.29, 1.82) is 0 Å². The number of carbonyl (C=O) groups excluding carboxylic acids is 3. The second-order valence-corrected chi connectivity index (χ2v) is 8.99. The largest absolute Gasteiger partial charge is 0.494 e. The molecule has 4 amide bonds. The van der Waals surface area contributed by atoms with Crippen molar-refractivity contribution in [1.82, 2.24) is 4.90 Å². The minimum absolute atomic E-state index is 0.120. The van der Waals surface area contributed by atoms with Crippen LogP contribution < -0.4 is 15.0 Å². The van der Waals surface area contributed by atoms with E-state index in [0.717, 1.165) is 10.4 Å². The highest BCUT2D eigenvalue weighted by Gasteiger charge is 2.46. The van der Waals surface area contributed by atoms with Crippen molar-refractivity contribution in [2.75, 3.05) is 23.4 Å². The van der Waals surface area contributed by atoms with E-state index in [1.807, 2.05) is 31.4 Å². The molecule has 0 radical (unpaired) electrons. The highest BCUT2D eigenvalue weighted by molar-refractivity contribution is 7.10. The second-order valence-electron chi connectivity index (χ2n) is 7.99. The Hall–Kier alpha value is -3.65. The zero-order chi connectivity index (χ0) is 24.1. The van der Waals surface area contributed by atoms with Gasteiger partial charge in [-0.1, -0.05) is 18.2 Å². The van der Waals surface area contributed by atoms with Gasteiger partial charge in [-0.05, 0) is 73.7 Å². The van der Waals surface area contributed by atoms with E-state index in [9.17, 15) is 14.4 Å².